The molecule has 3 unspecified atom stereocenters. The van der Waals surface area contributed by atoms with Gasteiger partial charge in [0.05, 0.1) is 18.6 Å². The molecule has 36 heavy (non-hydrogen) atoms. The fourth-order valence-corrected chi connectivity index (χ4v) is 4.98. The molecule has 2 aliphatic rings. The van der Waals surface area contributed by atoms with Crippen LogP contribution in [0.1, 0.15) is 155 Å². The molecular formula is C30H58N2O4. The van der Waals surface area contributed by atoms with Gasteiger partial charge in [-0.3, -0.25) is 4.79 Å². The lowest BCUT2D eigenvalue weighted by Gasteiger charge is -2.02. The van der Waals surface area contributed by atoms with E-state index in [0.29, 0.717) is 18.6 Å². The van der Waals surface area contributed by atoms with E-state index >= 15 is 0 Å². The number of hydrogen-bond acceptors (Lipinski definition) is 4. The quantitative estimate of drug-likeness (QED) is 0.0798. The molecule has 0 bridgehead atoms. The highest BCUT2D eigenvalue weighted by Gasteiger charge is 2.37. The zero-order valence-electron chi connectivity index (χ0n) is 23.8. The van der Waals surface area contributed by atoms with Crippen LogP contribution in [0.3, 0.4) is 0 Å². The van der Waals surface area contributed by atoms with Crippen LogP contribution in [0.2, 0.25) is 0 Å². The largest absolute Gasteiger partial charge is 0.465 e. The van der Waals surface area contributed by atoms with Crippen molar-refractivity contribution >= 4 is 12.6 Å². The molecule has 2 aliphatic heterocycles. The van der Waals surface area contributed by atoms with E-state index < -0.39 is 6.09 Å². The second-order valence-corrected chi connectivity index (χ2v) is 11.0. The van der Waals surface area contributed by atoms with Crippen LogP contribution >= 0.6 is 0 Å². The Morgan fingerprint density at radius 2 is 1.06 bits per heavy atom. The SMILES string of the molecule is CCCCCCCCCCCCC1CN1C(=O)O.CCCCCCCCCCCCC1CN1OC=O. The first-order chi connectivity index (χ1) is 17.6. The number of hydroxylamine groups is 2. The van der Waals surface area contributed by atoms with Gasteiger partial charge in [0.15, 0.2) is 0 Å². The van der Waals surface area contributed by atoms with E-state index in [2.05, 4.69) is 13.8 Å². The molecule has 0 aromatic rings. The van der Waals surface area contributed by atoms with E-state index in [1.165, 1.54) is 140 Å². The van der Waals surface area contributed by atoms with Crippen LogP contribution in [-0.2, 0) is 9.63 Å². The Bertz CT molecular complexity index is 531. The van der Waals surface area contributed by atoms with Gasteiger partial charge in [0.1, 0.15) is 0 Å². The molecule has 0 radical (unpaired) electrons. The molecule has 1 amide bonds. The summed E-state index contributed by atoms with van der Waals surface area (Å²) in [5, 5.41) is 10.5. The molecule has 2 fully saturated rings. The third kappa shape index (κ3) is 18.9. The van der Waals surface area contributed by atoms with Crippen molar-refractivity contribution in [1.29, 1.82) is 0 Å². The Hall–Kier alpha value is -1.30. The molecule has 0 aromatic carbocycles. The number of rotatable bonds is 24. The molecule has 6 heteroatoms. The number of nitrogens with zero attached hydrogens (tertiary/aromatic N) is 2. The van der Waals surface area contributed by atoms with Crippen LogP contribution in [0.15, 0.2) is 0 Å². The number of amides is 1. The molecular weight excluding hydrogens is 452 g/mol. The highest BCUT2D eigenvalue weighted by Crippen LogP contribution is 2.24. The van der Waals surface area contributed by atoms with Gasteiger partial charge in [-0.25, -0.2) is 4.79 Å². The molecule has 0 spiro atoms. The van der Waals surface area contributed by atoms with Crippen LogP contribution in [0, 0.1) is 0 Å². The number of hydrogen-bond donors (Lipinski definition) is 1. The van der Waals surface area contributed by atoms with Crippen LogP contribution in [0.25, 0.3) is 0 Å². The van der Waals surface area contributed by atoms with Gasteiger partial charge in [-0.15, -0.1) is 5.06 Å². The maximum absolute atomic E-state index is 10.6. The molecule has 0 aliphatic carbocycles. The Balaban J connectivity index is 0.000000360. The summed E-state index contributed by atoms with van der Waals surface area (Å²) in [5.41, 5.74) is 0. The second kappa shape index (κ2) is 22.9. The molecule has 0 saturated carbocycles. The summed E-state index contributed by atoms with van der Waals surface area (Å²) in [7, 11) is 0. The van der Waals surface area contributed by atoms with Gasteiger partial charge in [0.2, 0.25) is 0 Å². The normalized spacial score (nSPS) is 19.9. The highest BCUT2D eigenvalue weighted by molar-refractivity contribution is 5.68. The third-order valence-electron chi connectivity index (χ3n) is 7.58. The first kappa shape index (κ1) is 32.7. The monoisotopic (exact) mass is 510 g/mol. The first-order valence-electron chi connectivity index (χ1n) is 15.5. The van der Waals surface area contributed by atoms with Crippen molar-refractivity contribution in [1.82, 2.24) is 9.96 Å². The van der Waals surface area contributed by atoms with Crippen molar-refractivity contribution in [3.05, 3.63) is 0 Å². The van der Waals surface area contributed by atoms with E-state index in [0.717, 1.165) is 19.5 Å². The molecule has 2 heterocycles. The standard InChI is InChI=1S/2C15H29NO2/c1-2-3-4-5-6-7-8-9-10-11-12-15-13-16(15)18-14-17;1-2-3-4-5-6-7-8-9-10-11-12-14-13-16(14)15(17)18/h14-15H,2-13H2,1H3;14H,2-13H2,1H3,(H,17,18). The Labute approximate surface area is 222 Å². The first-order valence-corrected chi connectivity index (χ1v) is 15.5. The maximum atomic E-state index is 10.6. The van der Waals surface area contributed by atoms with Gasteiger partial charge in [0, 0.05) is 6.54 Å². The summed E-state index contributed by atoms with van der Waals surface area (Å²) in [6.07, 6.45) is 28.8. The fraction of sp³-hybridized carbons (Fsp3) is 0.933. The zero-order chi connectivity index (χ0) is 26.3. The van der Waals surface area contributed by atoms with Gasteiger partial charge in [-0.05, 0) is 12.8 Å². The lowest BCUT2D eigenvalue weighted by molar-refractivity contribution is -0.151. The van der Waals surface area contributed by atoms with E-state index in [9.17, 15) is 9.59 Å². The van der Waals surface area contributed by atoms with Crippen molar-refractivity contribution in [3.63, 3.8) is 0 Å². The summed E-state index contributed by atoms with van der Waals surface area (Å²) in [4.78, 5) is 27.0. The minimum atomic E-state index is -0.743. The molecule has 2 rings (SSSR count). The fourth-order valence-electron chi connectivity index (χ4n) is 4.98. The summed E-state index contributed by atoms with van der Waals surface area (Å²) < 4.78 is 0. The van der Waals surface area contributed by atoms with Gasteiger partial charge < -0.3 is 14.8 Å². The van der Waals surface area contributed by atoms with Crippen molar-refractivity contribution in [2.75, 3.05) is 13.1 Å². The van der Waals surface area contributed by atoms with Crippen LogP contribution in [-0.4, -0.2) is 52.8 Å². The molecule has 1 N–H and O–H groups in total. The Kier molecular flexibility index (Phi) is 20.8. The summed E-state index contributed by atoms with van der Waals surface area (Å²) in [6.45, 7) is 6.76. The second-order valence-electron chi connectivity index (χ2n) is 11.0. The predicted molar refractivity (Wildman–Crippen MR) is 149 cm³/mol. The van der Waals surface area contributed by atoms with Gasteiger partial charge in [-0.1, -0.05) is 142 Å². The average molecular weight is 511 g/mol. The number of carbonyl (C=O) groups excluding carboxylic acids is 1. The lowest BCUT2D eigenvalue weighted by atomic mass is 10.1. The Morgan fingerprint density at radius 1 is 0.667 bits per heavy atom. The molecule has 6 nitrogen and oxygen atoms in total. The van der Waals surface area contributed by atoms with E-state index in [-0.39, 0.29) is 0 Å². The minimum absolute atomic E-state index is 0.344. The molecule has 2 saturated heterocycles. The van der Waals surface area contributed by atoms with Crippen molar-refractivity contribution in [2.24, 2.45) is 0 Å². The summed E-state index contributed by atoms with van der Waals surface area (Å²) >= 11 is 0. The van der Waals surface area contributed by atoms with Crippen LogP contribution < -0.4 is 0 Å². The number of carbonyl (C=O) groups is 2. The smallest absolute Gasteiger partial charge is 0.407 e. The predicted octanol–water partition coefficient (Wildman–Crippen LogP) is 8.73. The Morgan fingerprint density at radius 3 is 1.42 bits per heavy atom. The molecule has 0 aromatic heterocycles. The third-order valence-corrected chi connectivity index (χ3v) is 7.58. The topological polar surface area (TPSA) is 69.6 Å². The van der Waals surface area contributed by atoms with E-state index in [1.54, 1.807) is 5.06 Å². The lowest BCUT2D eigenvalue weighted by Crippen LogP contribution is -2.09. The zero-order valence-corrected chi connectivity index (χ0v) is 23.8. The van der Waals surface area contributed by atoms with Crippen LogP contribution in [0.5, 0.6) is 0 Å². The molecule has 3 atom stereocenters. The number of carboxylic acid groups (broad SMARTS) is 1. The average Bonchev–Trinajstić information content (AvgIpc) is 3.79. The van der Waals surface area contributed by atoms with Gasteiger partial charge in [0.25, 0.3) is 0 Å². The van der Waals surface area contributed by atoms with Gasteiger partial charge in [-0.2, -0.15) is 0 Å². The van der Waals surface area contributed by atoms with Crippen LogP contribution in [0.4, 0.5) is 4.79 Å². The van der Waals surface area contributed by atoms with Crippen molar-refractivity contribution in [3.8, 4) is 0 Å². The van der Waals surface area contributed by atoms with E-state index in [4.69, 9.17) is 9.94 Å². The minimum Gasteiger partial charge on any atom is -0.465 e. The van der Waals surface area contributed by atoms with Crippen molar-refractivity contribution < 1.29 is 19.5 Å². The van der Waals surface area contributed by atoms with Crippen molar-refractivity contribution in [2.45, 2.75) is 167 Å². The summed E-state index contributed by atoms with van der Waals surface area (Å²) in [6, 6.07) is 0.862. The summed E-state index contributed by atoms with van der Waals surface area (Å²) in [5.74, 6) is 0. The molecule has 212 valence electrons. The highest BCUT2D eigenvalue weighted by atomic mass is 16.7. The maximum Gasteiger partial charge on any atom is 0.407 e. The van der Waals surface area contributed by atoms with Gasteiger partial charge >= 0.3 is 12.6 Å². The van der Waals surface area contributed by atoms with E-state index in [1.807, 2.05) is 0 Å². The number of unbranched alkanes of at least 4 members (excludes halogenated alkanes) is 18.